The van der Waals surface area contributed by atoms with Crippen molar-refractivity contribution in [3.05, 3.63) is 71.2 Å². The lowest BCUT2D eigenvalue weighted by Gasteiger charge is -2.24. The fourth-order valence-electron chi connectivity index (χ4n) is 3.57. The Morgan fingerprint density at radius 3 is 2.34 bits per heavy atom. The van der Waals surface area contributed by atoms with E-state index in [0.717, 1.165) is 29.2 Å². The van der Waals surface area contributed by atoms with Gasteiger partial charge in [-0.05, 0) is 51.1 Å². The highest BCUT2D eigenvalue weighted by Crippen LogP contribution is 2.34. The van der Waals surface area contributed by atoms with Gasteiger partial charge < -0.3 is 9.47 Å². The number of nitrogens with zero attached hydrogens (tertiary/aromatic N) is 4. The van der Waals surface area contributed by atoms with E-state index in [4.69, 9.17) is 5.10 Å². The number of amides is 1. The first kappa shape index (κ1) is 19.3. The smallest absolute Gasteiger partial charge is 0.328 e. The monoisotopic (exact) mass is 402 g/mol. The summed E-state index contributed by atoms with van der Waals surface area (Å²) in [6, 6.07) is 8.36. The van der Waals surface area contributed by atoms with Crippen LogP contribution in [0.4, 0.5) is 13.2 Å². The Morgan fingerprint density at radius 1 is 1.03 bits per heavy atom. The number of aromatic nitrogens is 3. The molecule has 0 fully saturated rings. The molecule has 0 bridgehead atoms. The SMILES string of the molecule is CC(C)(C)n1nc2c(c1-n1cccc1)CN(C(=O)c1cccc(C(F)(F)F)c1)C2. The van der Waals surface area contributed by atoms with Crippen molar-refractivity contribution in [2.24, 2.45) is 0 Å². The molecular weight excluding hydrogens is 381 g/mol. The summed E-state index contributed by atoms with van der Waals surface area (Å²) in [6.45, 7) is 6.71. The van der Waals surface area contributed by atoms with E-state index in [9.17, 15) is 18.0 Å². The van der Waals surface area contributed by atoms with Gasteiger partial charge >= 0.3 is 6.18 Å². The van der Waals surface area contributed by atoms with Crippen molar-refractivity contribution in [1.82, 2.24) is 19.2 Å². The van der Waals surface area contributed by atoms with E-state index >= 15 is 0 Å². The molecule has 0 N–H and O–H groups in total. The van der Waals surface area contributed by atoms with Crippen LogP contribution in [0.2, 0.25) is 0 Å². The highest BCUT2D eigenvalue weighted by atomic mass is 19.4. The van der Waals surface area contributed by atoms with Gasteiger partial charge in [0, 0.05) is 23.5 Å². The first-order valence-corrected chi connectivity index (χ1v) is 9.27. The Morgan fingerprint density at radius 2 is 1.72 bits per heavy atom. The molecule has 8 heteroatoms. The number of rotatable bonds is 2. The van der Waals surface area contributed by atoms with E-state index in [2.05, 4.69) is 0 Å². The molecule has 1 aromatic carbocycles. The lowest BCUT2D eigenvalue weighted by Crippen LogP contribution is -2.29. The Bertz CT molecular complexity index is 1060. The standard InChI is InChI=1S/C21H21F3N4O/c1-20(2,3)28-18(26-9-4-5-10-26)16-12-27(13-17(16)25-28)19(29)14-7-6-8-15(11-14)21(22,23)24/h4-11H,12-13H2,1-3H3. The Labute approximate surface area is 166 Å². The highest BCUT2D eigenvalue weighted by Gasteiger charge is 2.35. The van der Waals surface area contributed by atoms with Gasteiger partial charge in [-0.25, -0.2) is 4.68 Å². The molecule has 3 aromatic rings. The predicted octanol–water partition coefficient (Wildman–Crippen LogP) is 4.60. The molecule has 152 valence electrons. The van der Waals surface area contributed by atoms with Crippen LogP contribution in [-0.2, 0) is 24.8 Å². The average molecular weight is 402 g/mol. The largest absolute Gasteiger partial charge is 0.416 e. The zero-order valence-corrected chi connectivity index (χ0v) is 16.4. The second-order valence-corrected chi connectivity index (χ2v) is 8.16. The van der Waals surface area contributed by atoms with Crippen molar-refractivity contribution in [3.63, 3.8) is 0 Å². The van der Waals surface area contributed by atoms with Gasteiger partial charge in [-0.3, -0.25) is 4.79 Å². The van der Waals surface area contributed by atoms with Crippen molar-refractivity contribution in [2.45, 2.75) is 45.6 Å². The van der Waals surface area contributed by atoms with Crippen LogP contribution < -0.4 is 0 Å². The fraction of sp³-hybridized carbons (Fsp3) is 0.333. The Balaban J connectivity index is 1.67. The van der Waals surface area contributed by atoms with Crippen molar-refractivity contribution in [2.75, 3.05) is 0 Å². The van der Waals surface area contributed by atoms with Crippen molar-refractivity contribution < 1.29 is 18.0 Å². The van der Waals surface area contributed by atoms with Gasteiger partial charge in [0.1, 0.15) is 5.82 Å². The molecule has 0 aliphatic carbocycles. The molecule has 0 saturated carbocycles. The molecule has 2 aromatic heterocycles. The summed E-state index contributed by atoms with van der Waals surface area (Å²) in [5.74, 6) is 0.437. The van der Waals surface area contributed by atoms with Crippen LogP contribution in [0.25, 0.3) is 5.82 Å². The van der Waals surface area contributed by atoms with Crippen LogP contribution >= 0.6 is 0 Å². The van der Waals surface area contributed by atoms with Crippen LogP contribution in [-0.4, -0.2) is 25.2 Å². The third-order valence-electron chi connectivity index (χ3n) is 4.94. The first-order chi connectivity index (χ1) is 13.6. The number of hydrogen-bond acceptors (Lipinski definition) is 2. The van der Waals surface area contributed by atoms with E-state index in [-0.39, 0.29) is 17.6 Å². The first-order valence-electron chi connectivity index (χ1n) is 9.27. The minimum absolute atomic E-state index is 0.0243. The van der Waals surface area contributed by atoms with Gasteiger partial charge in [0.25, 0.3) is 5.91 Å². The van der Waals surface area contributed by atoms with Gasteiger partial charge in [0.05, 0.1) is 29.9 Å². The average Bonchev–Trinajstić information content (AvgIpc) is 3.35. The Kier molecular flexibility index (Phi) is 4.33. The summed E-state index contributed by atoms with van der Waals surface area (Å²) in [6.07, 6.45) is -0.660. The summed E-state index contributed by atoms with van der Waals surface area (Å²) >= 11 is 0. The van der Waals surface area contributed by atoms with Crippen LogP contribution in [0.1, 0.15) is 48.0 Å². The van der Waals surface area contributed by atoms with Crippen LogP contribution in [0.3, 0.4) is 0 Å². The maximum Gasteiger partial charge on any atom is 0.416 e. The van der Waals surface area contributed by atoms with E-state index in [0.29, 0.717) is 6.54 Å². The van der Waals surface area contributed by atoms with Gasteiger partial charge in [0.2, 0.25) is 0 Å². The third-order valence-corrected chi connectivity index (χ3v) is 4.94. The number of benzene rings is 1. The normalized spacial score (nSPS) is 14.3. The van der Waals surface area contributed by atoms with Gasteiger partial charge in [-0.1, -0.05) is 6.07 Å². The molecule has 0 unspecified atom stereocenters. The van der Waals surface area contributed by atoms with Crippen molar-refractivity contribution in [3.8, 4) is 5.82 Å². The molecule has 3 heterocycles. The summed E-state index contributed by atoms with van der Waals surface area (Å²) < 4.78 is 42.9. The topological polar surface area (TPSA) is 43.1 Å². The Hall–Kier alpha value is -3.03. The van der Waals surface area contributed by atoms with E-state index in [1.54, 1.807) is 0 Å². The molecule has 1 aliphatic rings. The van der Waals surface area contributed by atoms with E-state index in [1.165, 1.54) is 17.0 Å². The minimum Gasteiger partial charge on any atom is -0.328 e. The molecule has 4 rings (SSSR count). The third kappa shape index (κ3) is 3.43. The molecule has 1 aliphatic heterocycles. The molecule has 5 nitrogen and oxygen atoms in total. The molecule has 0 saturated heterocycles. The molecule has 29 heavy (non-hydrogen) atoms. The summed E-state index contributed by atoms with van der Waals surface area (Å²) in [5.41, 5.74) is 0.614. The zero-order valence-electron chi connectivity index (χ0n) is 16.4. The van der Waals surface area contributed by atoms with Crippen LogP contribution in [0, 0.1) is 0 Å². The summed E-state index contributed by atoms with van der Waals surface area (Å²) in [7, 11) is 0. The number of halogens is 3. The maximum atomic E-state index is 13.0. The molecule has 0 radical (unpaired) electrons. The zero-order chi connectivity index (χ0) is 21.0. The number of alkyl halides is 3. The van der Waals surface area contributed by atoms with Gasteiger partial charge in [-0.15, -0.1) is 0 Å². The second-order valence-electron chi connectivity index (χ2n) is 8.16. The van der Waals surface area contributed by atoms with Crippen LogP contribution in [0.15, 0.2) is 48.8 Å². The van der Waals surface area contributed by atoms with Crippen LogP contribution in [0.5, 0.6) is 0 Å². The lowest BCUT2D eigenvalue weighted by atomic mass is 10.1. The highest BCUT2D eigenvalue weighted by molar-refractivity contribution is 5.94. The molecule has 0 spiro atoms. The maximum absolute atomic E-state index is 13.0. The molecule has 0 atom stereocenters. The van der Waals surface area contributed by atoms with Crippen molar-refractivity contribution >= 4 is 5.91 Å². The van der Waals surface area contributed by atoms with Crippen molar-refractivity contribution in [1.29, 1.82) is 0 Å². The lowest BCUT2D eigenvalue weighted by molar-refractivity contribution is -0.137. The van der Waals surface area contributed by atoms with E-state index < -0.39 is 17.6 Å². The fourth-order valence-corrected chi connectivity index (χ4v) is 3.57. The summed E-state index contributed by atoms with van der Waals surface area (Å²) in [5, 5.41) is 4.72. The number of fused-ring (bicyclic) bond motifs is 1. The van der Waals surface area contributed by atoms with E-state index in [1.807, 2.05) is 54.5 Å². The summed E-state index contributed by atoms with van der Waals surface area (Å²) in [4.78, 5) is 14.4. The molecule has 1 amide bonds. The number of carbonyl (C=O) groups excluding carboxylic acids is 1. The van der Waals surface area contributed by atoms with Gasteiger partial charge in [0.15, 0.2) is 0 Å². The number of carbonyl (C=O) groups is 1. The second kappa shape index (κ2) is 6.50. The quantitative estimate of drug-likeness (QED) is 0.629. The minimum atomic E-state index is -4.49. The van der Waals surface area contributed by atoms with Gasteiger partial charge in [-0.2, -0.15) is 18.3 Å². The number of hydrogen-bond donors (Lipinski definition) is 0. The predicted molar refractivity (Wildman–Crippen MR) is 102 cm³/mol. The molecular formula is C21H21F3N4O.